The van der Waals surface area contributed by atoms with Gasteiger partial charge in [0.05, 0.1) is 0 Å². The average Bonchev–Trinajstić information content (AvgIpc) is 3.01. The molecule has 1 aromatic heterocycles. The number of carbonyl (C=O) groups is 1. The third-order valence-electron chi connectivity index (χ3n) is 3.80. The summed E-state index contributed by atoms with van der Waals surface area (Å²) in [6, 6.07) is 7.10. The number of benzene rings is 1. The summed E-state index contributed by atoms with van der Waals surface area (Å²) in [4.78, 5) is 14.4. The van der Waals surface area contributed by atoms with Crippen molar-refractivity contribution < 1.29 is 9.21 Å². The normalized spacial score (nSPS) is 19.6. The minimum atomic E-state index is -0.158. The highest BCUT2D eigenvalue weighted by atomic mass is 16.3. The summed E-state index contributed by atoms with van der Waals surface area (Å²) in [6.07, 6.45) is 1.13. The average molecular weight is 273 g/mol. The molecular formula is C15H19N3O2. The van der Waals surface area contributed by atoms with Crippen molar-refractivity contribution in [3.8, 4) is 0 Å². The molecule has 0 saturated carbocycles. The lowest BCUT2D eigenvalue weighted by Crippen LogP contribution is -2.30. The first kappa shape index (κ1) is 13.0. The number of nitrogens with one attached hydrogen (secondary N) is 1. The molecule has 106 valence electrons. The van der Waals surface area contributed by atoms with Crippen LogP contribution in [-0.2, 0) is 0 Å². The molecule has 0 aliphatic carbocycles. The summed E-state index contributed by atoms with van der Waals surface area (Å²) in [5.74, 6) is 0.718. The predicted molar refractivity (Wildman–Crippen MR) is 78.6 cm³/mol. The number of nitrogens with zero attached hydrogens (tertiary/aromatic N) is 1. The van der Waals surface area contributed by atoms with Crippen LogP contribution in [0.15, 0.2) is 28.7 Å². The monoisotopic (exact) mass is 273 g/mol. The van der Waals surface area contributed by atoms with Crippen LogP contribution in [0.2, 0.25) is 0 Å². The summed E-state index contributed by atoms with van der Waals surface area (Å²) in [5, 5.41) is 3.80. The van der Waals surface area contributed by atoms with E-state index in [0.717, 1.165) is 24.9 Å². The van der Waals surface area contributed by atoms with E-state index in [1.807, 2.05) is 6.07 Å². The van der Waals surface area contributed by atoms with E-state index in [4.69, 9.17) is 10.2 Å². The van der Waals surface area contributed by atoms with E-state index in [9.17, 15) is 4.79 Å². The highest BCUT2D eigenvalue weighted by Crippen LogP contribution is 2.22. The Hall–Kier alpha value is -2.01. The van der Waals surface area contributed by atoms with Crippen LogP contribution in [0.4, 0.5) is 5.69 Å². The van der Waals surface area contributed by atoms with E-state index in [-0.39, 0.29) is 5.91 Å². The second-order valence-electron chi connectivity index (χ2n) is 5.53. The molecule has 1 atom stereocenters. The molecule has 3 rings (SSSR count). The van der Waals surface area contributed by atoms with Crippen LogP contribution in [-0.4, -0.2) is 37.5 Å². The van der Waals surface area contributed by atoms with Crippen LogP contribution >= 0.6 is 0 Å². The van der Waals surface area contributed by atoms with Gasteiger partial charge in [0, 0.05) is 24.2 Å². The second-order valence-corrected chi connectivity index (χ2v) is 5.53. The van der Waals surface area contributed by atoms with Crippen LogP contribution in [0.3, 0.4) is 0 Å². The Morgan fingerprint density at radius 2 is 2.35 bits per heavy atom. The number of anilines is 1. The molecule has 1 saturated heterocycles. The Morgan fingerprint density at radius 1 is 1.50 bits per heavy atom. The molecule has 1 amide bonds. The van der Waals surface area contributed by atoms with Gasteiger partial charge in [-0.05, 0) is 50.2 Å². The summed E-state index contributed by atoms with van der Waals surface area (Å²) in [5.41, 5.74) is 7.07. The first-order valence-corrected chi connectivity index (χ1v) is 6.87. The Morgan fingerprint density at radius 3 is 3.10 bits per heavy atom. The summed E-state index contributed by atoms with van der Waals surface area (Å²) in [7, 11) is 2.10. The molecule has 0 spiro atoms. The highest BCUT2D eigenvalue weighted by Gasteiger charge is 2.21. The van der Waals surface area contributed by atoms with Gasteiger partial charge in [-0.25, -0.2) is 0 Å². The molecule has 2 aromatic rings. The first-order valence-electron chi connectivity index (χ1n) is 6.87. The number of hydrogen-bond donors (Lipinski definition) is 2. The molecule has 20 heavy (non-hydrogen) atoms. The molecule has 1 aliphatic heterocycles. The number of nitrogens with two attached hydrogens (primary N) is 1. The van der Waals surface area contributed by atoms with Gasteiger partial charge < -0.3 is 20.4 Å². The van der Waals surface area contributed by atoms with Gasteiger partial charge >= 0.3 is 0 Å². The molecule has 1 aliphatic rings. The molecular weight excluding hydrogens is 254 g/mol. The number of carbonyl (C=O) groups excluding carboxylic acids is 1. The number of furan rings is 1. The van der Waals surface area contributed by atoms with Gasteiger partial charge in [0.25, 0.3) is 5.91 Å². The maximum absolute atomic E-state index is 12.1. The number of hydrogen-bond acceptors (Lipinski definition) is 4. The Bertz CT molecular complexity index is 635. The van der Waals surface area contributed by atoms with Crippen molar-refractivity contribution in [1.82, 2.24) is 10.2 Å². The maximum atomic E-state index is 12.1. The van der Waals surface area contributed by atoms with Crippen molar-refractivity contribution in [3.05, 3.63) is 30.0 Å². The van der Waals surface area contributed by atoms with Crippen LogP contribution in [0.25, 0.3) is 11.0 Å². The van der Waals surface area contributed by atoms with Crippen molar-refractivity contribution in [2.75, 3.05) is 32.4 Å². The fraction of sp³-hybridized carbons (Fsp3) is 0.400. The maximum Gasteiger partial charge on any atom is 0.287 e. The lowest BCUT2D eigenvalue weighted by atomic mass is 10.1. The fourth-order valence-corrected chi connectivity index (χ4v) is 2.69. The fourth-order valence-electron chi connectivity index (χ4n) is 2.69. The van der Waals surface area contributed by atoms with Crippen LogP contribution in [0.1, 0.15) is 17.0 Å². The van der Waals surface area contributed by atoms with Gasteiger partial charge in [-0.15, -0.1) is 0 Å². The van der Waals surface area contributed by atoms with Gasteiger partial charge in [-0.1, -0.05) is 0 Å². The SMILES string of the molecule is CN1CCC(CNC(=O)c2cc3cc(N)ccc3o2)C1. The minimum absolute atomic E-state index is 0.158. The summed E-state index contributed by atoms with van der Waals surface area (Å²) < 4.78 is 5.54. The number of likely N-dealkylation sites (tertiary alicyclic amines) is 1. The number of amides is 1. The van der Waals surface area contributed by atoms with E-state index < -0.39 is 0 Å². The molecule has 1 fully saturated rings. The van der Waals surface area contributed by atoms with Crippen LogP contribution in [0, 0.1) is 5.92 Å². The van der Waals surface area contributed by atoms with E-state index in [1.54, 1.807) is 18.2 Å². The van der Waals surface area contributed by atoms with Crippen molar-refractivity contribution in [2.45, 2.75) is 6.42 Å². The van der Waals surface area contributed by atoms with E-state index in [1.165, 1.54) is 0 Å². The molecule has 0 radical (unpaired) electrons. The Balaban J connectivity index is 1.66. The lowest BCUT2D eigenvalue weighted by molar-refractivity contribution is 0.0922. The molecule has 1 aromatic carbocycles. The zero-order valence-corrected chi connectivity index (χ0v) is 11.6. The quantitative estimate of drug-likeness (QED) is 0.835. The third-order valence-corrected chi connectivity index (χ3v) is 3.80. The van der Waals surface area contributed by atoms with Gasteiger partial charge in [0.15, 0.2) is 5.76 Å². The van der Waals surface area contributed by atoms with Gasteiger partial charge in [0.1, 0.15) is 5.58 Å². The third kappa shape index (κ3) is 2.63. The number of nitrogen functional groups attached to an aromatic ring is 1. The lowest BCUT2D eigenvalue weighted by Gasteiger charge is -2.10. The number of rotatable bonds is 3. The van der Waals surface area contributed by atoms with E-state index >= 15 is 0 Å². The Labute approximate surface area is 117 Å². The first-order chi connectivity index (χ1) is 9.61. The van der Waals surface area contributed by atoms with E-state index in [0.29, 0.717) is 29.5 Å². The highest BCUT2D eigenvalue weighted by molar-refractivity contribution is 5.96. The largest absolute Gasteiger partial charge is 0.451 e. The van der Waals surface area contributed by atoms with Gasteiger partial charge in [-0.2, -0.15) is 0 Å². The van der Waals surface area contributed by atoms with Crippen LogP contribution < -0.4 is 11.1 Å². The molecule has 3 N–H and O–H groups in total. The zero-order chi connectivity index (χ0) is 14.1. The molecule has 0 bridgehead atoms. The predicted octanol–water partition coefficient (Wildman–Crippen LogP) is 1.70. The van der Waals surface area contributed by atoms with Gasteiger partial charge in [-0.3, -0.25) is 4.79 Å². The summed E-state index contributed by atoms with van der Waals surface area (Å²) >= 11 is 0. The summed E-state index contributed by atoms with van der Waals surface area (Å²) in [6.45, 7) is 2.84. The van der Waals surface area contributed by atoms with Crippen molar-refractivity contribution >= 4 is 22.6 Å². The number of fused-ring (bicyclic) bond motifs is 1. The standard InChI is InChI=1S/C15H19N3O2/c1-18-5-4-10(9-18)8-17-15(19)14-7-11-6-12(16)2-3-13(11)20-14/h2-3,6-7,10H,4-5,8-9,16H2,1H3,(H,17,19). The van der Waals surface area contributed by atoms with Crippen LogP contribution in [0.5, 0.6) is 0 Å². The molecule has 5 heteroatoms. The minimum Gasteiger partial charge on any atom is -0.451 e. The van der Waals surface area contributed by atoms with E-state index in [2.05, 4.69) is 17.3 Å². The second kappa shape index (κ2) is 5.17. The van der Waals surface area contributed by atoms with Gasteiger partial charge in [0.2, 0.25) is 0 Å². The van der Waals surface area contributed by atoms with Crippen molar-refractivity contribution in [3.63, 3.8) is 0 Å². The zero-order valence-electron chi connectivity index (χ0n) is 11.6. The smallest absolute Gasteiger partial charge is 0.287 e. The molecule has 2 heterocycles. The molecule has 5 nitrogen and oxygen atoms in total. The Kier molecular flexibility index (Phi) is 3.36. The van der Waals surface area contributed by atoms with Crippen molar-refractivity contribution in [2.24, 2.45) is 5.92 Å². The topological polar surface area (TPSA) is 71.5 Å². The van der Waals surface area contributed by atoms with Crippen molar-refractivity contribution in [1.29, 1.82) is 0 Å². The molecule has 1 unspecified atom stereocenters.